The number of hydrogen-bond donors (Lipinski definition) is 1. The van der Waals surface area contributed by atoms with Gasteiger partial charge in [-0.25, -0.2) is 9.97 Å². The third-order valence-corrected chi connectivity index (χ3v) is 5.59. The van der Waals surface area contributed by atoms with Gasteiger partial charge in [0.25, 0.3) is 5.91 Å². The molecule has 0 radical (unpaired) electrons. The first-order chi connectivity index (χ1) is 14.7. The highest BCUT2D eigenvalue weighted by molar-refractivity contribution is 7.13. The lowest BCUT2D eigenvalue weighted by molar-refractivity contribution is -0.140. The van der Waals surface area contributed by atoms with E-state index < -0.39 is 6.10 Å². The minimum absolute atomic E-state index is 0.0210. The number of rotatable bonds is 6. The summed E-state index contributed by atoms with van der Waals surface area (Å²) in [4.78, 5) is 36.0. The van der Waals surface area contributed by atoms with Crippen molar-refractivity contribution in [2.24, 2.45) is 0 Å². The van der Waals surface area contributed by atoms with Crippen molar-refractivity contribution in [3.8, 4) is 0 Å². The topological polar surface area (TPSA) is 93.6 Å². The second-order valence-corrected chi connectivity index (χ2v) is 7.74. The third-order valence-electron chi connectivity index (χ3n) is 4.90. The van der Waals surface area contributed by atoms with Crippen molar-refractivity contribution < 1.29 is 19.1 Å². The molecule has 0 bridgehead atoms. The maximum atomic E-state index is 13.0. The van der Waals surface area contributed by atoms with Crippen LogP contribution in [0.4, 0.5) is 5.13 Å². The molecule has 30 heavy (non-hydrogen) atoms. The Hall–Kier alpha value is -2.88. The fraction of sp³-hybridized carbons (Fsp3) is 0.333. The smallest absolute Gasteiger partial charge is 0.258 e. The molecule has 2 amide bonds. The molecule has 0 aliphatic carbocycles. The normalized spacial score (nSPS) is 16.6. The average Bonchev–Trinajstić information content (AvgIpc) is 3.29. The lowest BCUT2D eigenvalue weighted by atomic mass is 10.0. The molecule has 2 aromatic heterocycles. The first kappa shape index (κ1) is 20.4. The Morgan fingerprint density at radius 2 is 2.23 bits per heavy atom. The molecule has 1 saturated heterocycles. The van der Waals surface area contributed by atoms with Gasteiger partial charge in [0.15, 0.2) is 5.13 Å². The molecular formula is C21H22N4O4S. The number of ether oxygens (including phenoxy) is 2. The van der Waals surface area contributed by atoms with Gasteiger partial charge in [-0.1, -0.05) is 18.2 Å². The van der Waals surface area contributed by atoms with Crippen LogP contribution in [-0.2, 0) is 14.3 Å². The zero-order valence-electron chi connectivity index (χ0n) is 16.5. The molecule has 1 aromatic carbocycles. The molecule has 4 rings (SSSR count). The summed E-state index contributed by atoms with van der Waals surface area (Å²) in [5, 5.41) is 5.92. The highest BCUT2D eigenvalue weighted by Crippen LogP contribution is 2.27. The Balaban J connectivity index is 1.62. The lowest BCUT2D eigenvalue weighted by Gasteiger charge is -2.33. The number of nitrogens with zero attached hydrogens (tertiary/aromatic N) is 3. The van der Waals surface area contributed by atoms with Crippen LogP contribution in [0.15, 0.2) is 41.9 Å². The van der Waals surface area contributed by atoms with Gasteiger partial charge < -0.3 is 14.4 Å². The van der Waals surface area contributed by atoms with Crippen molar-refractivity contribution in [3.05, 3.63) is 53.2 Å². The van der Waals surface area contributed by atoms with Crippen molar-refractivity contribution in [1.29, 1.82) is 0 Å². The van der Waals surface area contributed by atoms with E-state index in [-0.39, 0.29) is 11.8 Å². The van der Waals surface area contributed by atoms with E-state index in [4.69, 9.17) is 14.5 Å². The van der Waals surface area contributed by atoms with Gasteiger partial charge in [-0.05, 0) is 12.1 Å². The Kier molecular flexibility index (Phi) is 6.32. The highest BCUT2D eigenvalue weighted by Gasteiger charge is 2.27. The number of carbonyl (C=O) groups excluding carboxylic acids is 2. The van der Waals surface area contributed by atoms with E-state index in [0.717, 1.165) is 5.39 Å². The SMILES string of the molecule is COCCC(=O)N1CCO[C@H](c2cc(C(=O)Nc3nccs3)c3ccccc3n2)C1. The maximum absolute atomic E-state index is 13.0. The fourth-order valence-electron chi connectivity index (χ4n) is 3.40. The number of benzene rings is 1. The summed E-state index contributed by atoms with van der Waals surface area (Å²) in [7, 11) is 1.58. The molecule has 3 aromatic rings. The summed E-state index contributed by atoms with van der Waals surface area (Å²) < 4.78 is 10.9. The Bertz CT molecular complexity index is 1040. The zero-order valence-corrected chi connectivity index (χ0v) is 17.4. The molecule has 1 fully saturated rings. The van der Waals surface area contributed by atoms with Gasteiger partial charge in [0.2, 0.25) is 5.91 Å². The summed E-state index contributed by atoms with van der Waals surface area (Å²) in [6.45, 7) is 1.72. The van der Waals surface area contributed by atoms with Crippen molar-refractivity contribution in [1.82, 2.24) is 14.9 Å². The van der Waals surface area contributed by atoms with Crippen molar-refractivity contribution >= 4 is 39.2 Å². The number of anilines is 1. The van der Waals surface area contributed by atoms with Crippen LogP contribution in [0.3, 0.4) is 0 Å². The van der Waals surface area contributed by atoms with Crippen LogP contribution in [0, 0.1) is 0 Å². The predicted octanol–water partition coefficient (Wildman–Crippen LogP) is 2.88. The molecule has 1 aliphatic rings. The second kappa shape index (κ2) is 9.29. The van der Waals surface area contributed by atoms with Gasteiger partial charge in [-0.3, -0.25) is 14.9 Å². The average molecular weight is 426 g/mol. The van der Waals surface area contributed by atoms with Crippen LogP contribution in [-0.4, -0.2) is 60.1 Å². The Morgan fingerprint density at radius 1 is 1.37 bits per heavy atom. The summed E-state index contributed by atoms with van der Waals surface area (Å²) in [6, 6.07) is 9.23. The third kappa shape index (κ3) is 4.48. The van der Waals surface area contributed by atoms with Crippen LogP contribution in [0.25, 0.3) is 10.9 Å². The minimum atomic E-state index is -0.402. The number of methoxy groups -OCH3 is 1. The molecular weight excluding hydrogens is 404 g/mol. The first-order valence-electron chi connectivity index (χ1n) is 9.64. The van der Waals surface area contributed by atoms with Crippen LogP contribution in [0.1, 0.15) is 28.6 Å². The number of para-hydroxylation sites is 1. The predicted molar refractivity (Wildman–Crippen MR) is 114 cm³/mol. The van der Waals surface area contributed by atoms with Gasteiger partial charge in [0.1, 0.15) is 6.10 Å². The van der Waals surface area contributed by atoms with Gasteiger partial charge >= 0.3 is 0 Å². The number of pyridine rings is 1. The summed E-state index contributed by atoms with van der Waals surface area (Å²) in [5.41, 5.74) is 1.82. The van der Waals surface area contributed by atoms with E-state index in [1.54, 1.807) is 29.7 Å². The Labute approximate surface area is 177 Å². The van der Waals surface area contributed by atoms with E-state index in [1.807, 2.05) is 24.3 Å². The summed E-state index contributed by atoms with van der Waals surface area (Å²) in [6.07, 6.45) is 1.57. The molecule has 1 atom stereocenters. The van der Waals surface area contributed by atoms with Crippen molar-refractivity contribution in [3.63, 3.8) is 0 Å². The number of thiazole rings is 1. The Morgan fingerprint density at radius 3 is 3.03 bits per heavy atom. The van der Waals surface area contributed by atoms with Gasteiger partial charge in [-0.15, -0.1) is 11.3 Å². The molecule has 156 valence electrons. The van der Waals surface area contributed by atoms with E-state index in [0.29, 0.717) is 54.6 Å². The molecule has 1 aliphatic heterocycles. The summed E-state index contributed by atoms with van der Waals surface area (Å²) >= 11 is 1.36. The van der Waals surface area contributed by atoms with Gasteiger partial charge in [0, 0.05) is 30.6 Å². The number of amides is 2. The molecule has 0 saturated carbocycles. The molecule has 8 nitrogen and oxygen atoms in total. The van der Waals surface area contributed by atoms with E-state index in [2.05, 4.69) is 10.3 Å². The van der Waals surface area contributed by atoms with Crippen molar-refractivity contribution in [2.45, 2.75) is 12.5 Å². The molecule has 9 heteroatoms. The van der Waals surface area contributed by atoms with Gasteiger partial charge in [-0.2, -0.15) is 0 Å². The minimum Gasteiger partial charge on any atom is -0.384 e. The molecule has 0 unspecified atom stereocenters. The number of hydrogen-bond acceptors (Lipinski definition) is 7. The van der Waals surface area contributed by atoms with E-state index in [1.165, 1.54) is 11.3 Å². The largest absolute Gasteiger partial charge is 0.384 e. The molecule has 0 spiro atoms. The van der Waals surface area contributed by atoms with Crippen LogP contribution >= 0.6 is 11.3 Å². The number of carbonyl (C=O) groups is 2. The number of nitrogens with one attached hydrogen (secondary N) is 1. The number of fused-ring (bicyclic) bond motifs is 1. The first-order valence-corrected chi connectivity index (χ1v) is 10.5. The lowest BCUT2D eigenvalue weighted by Crippen LogP contribution is -2.42. The standard InChI is InChI=1S/C21H22N4O4S/c1-28-9-6-19(26)25-8-10-29-18(13-25)17-12-15(14-4-2-3-5-16(14)23-17)20(27)24-21-22-7-11-30-21/h2-5,7,11-12,18H,6,8-10,13H2,1H3,(H,22,24,27)/t18-/m0/s1. The van der Waals surface area contributed by atoms with Crippen LogP contribution < -0.4 is 5.32 Å². The van der Waals surface area contributed by atoms with Crippen LogP contribution in [0.2, 0.25) is 0 Å². The van der Waals surface area contributed by atoms with E-state index >= 15 is 0 Å². The second-order valence-electron chi connectivity index (χ2n) is 6.85. The number of aromatic nitrogens is 2. The molecule has 3 heterocycles. The fourth-order valence-corrected chi connectivity index (χ4v) is 3.92. The zero-order chi connectivity index (χ0) is 20.9. The van der Waals surface area contributed by atoms with E-state index in [9.17, 15) is 9.59 Å². The quantitative estimate of drug-likeness (QED) is 0.651. The monoisotopic (exact) mass is 426 g/mol. The maximum Gasteiger partial charge on any atom is 0.258 e. The molecule has 1 N–H and O–H groups in total. The highest BCUT2D eigenvalue weighted by atomic mass is 32.1. The van der Waals surface area contributed by atoms with Crippen LogP contribution in [0.5, 0.6) is 0 Å². The summed E-state index contributed by atoms with van der Waals surface area (Å²) in [5.74, 6) is -0.235. The van der Waals surface area contributed by atoms with Gasteiger partial charge in [0.05, 0.1) is 43.0 Å². The number of morpholine rings is 1. The van der Waals surface area contributed by atoms with Crippen molar-refractivity contribution in [2.75, 3.05) is 38.7 Å².